The number of hydrogen-bond acceptors (Lipinski definition) is 3. The van der Waals surface area contributed by atoms with Crippen LogP contribution in [0.1, 0.15) is 17.0 Å². The van der Waals surface area contributed by atoms with Gasteiger partial charge in [-0.05, 0) is 30.9 Å². The normalized spacial score (nSPS) is 10.6. The summed E-state index contributed by atoms with van der Waals surface area (Å²) in [5, 5.41) is 22.4. The highest BCUT2D eigenvalue weighted by Gasteiger charge is 2.10. The van der Waals surface area contributed by atoms with Crippen molar-refractivity contribution in [2.45, 2.75) is 20.4 Å². The number of benzene rings is 1. The van der Waals surface area contributed by atoms with Crippen molar-refractivity contribution < 1.29 is 10.0 Å². The van der Waals surface area contributed by atoms with Gasteiger partial charge in [-0.25, -0.2) is 0 Å². The fourth-order valence-corrected chi connectivity index (χ4v) is 1.80. The molecule has 0 atom stereocenters. The maximum Gasteiger partial charge on any atom is 0.488 e. The monoisotopic (exact) mass is 230 g/mol. The number of aryl methyl sites for hydroxylation is 2. The van der Waals surface area contributed by atoms with Gasteiger partial charge in [0, 0.05) is 5.69 Å². The first-order valence-corrected chi connectivity index (χ1v) is 5.52. The minimum Gasteiger partial charge on any atom is -0.423 e. The molecule has 0 aliphatic rings. The largest absolute Gasteiger partial charge is 0.488 e. The Kier molecular flexibility index (Phi) is 3.31. The minimum atomic E-state index is -1.40. The molecule has 0 aliphatic heterocycles. The molecule has 0 saturated heterocycles. The average Bonchev–Trinajstić information content (AvgIpc) is 2.58. The van der Waals surface area contributed by atoms with E-state index in [1.807, 2.05) is 36.7 Å². The maximum absolute atomic E-state index is 8.99. The van der Waals surface area contributed by atoms with E-state index in [1.165, 1.54) is 0 Å². The van der Waals surface area contributed by atoms with E-state index in [2.05, 4.69) is 5.10 Å². The van der Waals surface area contributed by atoms with Gasteiger partial charge in [0.2, 0.25) is 0 Å². The Morgan fingerprint density at radius 3 is 2.29 bits per heavy atom. The van der Waals surface area contributed by atoms with Gasteiger partial charge in [0.05, 0.1) is 12.2 Å². The van der Waals surface area contributed by atoms with Crippen molar-refractivity contribution >= 4 is 12.6 Å². The first-order valence-electron chi connectivity index (χ1n) is 5.52. The van der Waals surface area contributed by atoms with E-state index in [9.17, 15) is 0 Å². The lowest BCUT2D eigenvalue weighted by Crippen LogP contribution is -2.29. The van der Waals surface area contributed by atoms with E-state index in [4.69, 9.17) is 10.0 Å². The summed E-state index contributed by atoms with van der Waals surface area (Å²) in [4.78, 5) is 0. The fourth-order valence-electron chi connectivity index (χ4n) is 1.80. The van der Waals surface area contributed by atoms with Crippen molar-refractivity contribution in [2.24, 2.45) is 0 Å². The predicted molar refractivity (Wildman–Crippen MR) is 67.1 cm³/mol. The molecule has 0 unspecified atom stereocenters. The molecule has 1 aromatic carbocycles. The highest BCUT2D eigenvalue weighted by molar-refractivity contribution is 6.58. The molecule has 0 fully saturated rings. The lowest BCUT2D eigenvalue weighted by molar-refractivity contribution is 0.426. The maximum atomic E-state index is 8.99. The molecular weight excluding hydrogens is 215 g/mol. The Morgan fingerprint density at radius 2 is 1.82 bits per heavy atom. The molecule has 0 aliphatic carbocycles. The van der Waals surface area contributed by atoms with Crippen LogP contribution in [0.5, 0.6) is 0 Å². The Balaban J connectivity index is 2.16. The van der Waals surface area contributed by atoms with E-state index in [0.717, 1.165) is 17.0 Å². The van der Waals surface area contributed by atoms with E-state index in [0.29, 0.717) is 12.0 Å². The van der Waals surface area contributed by atoms with E-state index in [1.54, 1.807) is 12.1 Å². The highest BCUT2D eigenvalue weighted by atomic mass is 16.4. The zero-order valence-electron chi connectivity index (χ0n) is 9.96. The van der Waals surface area contributed by atoms with Crippen LogP contribution in [-0.2, 0) is 6.54 Å². The fraction of sp³-hybridized carbons (Fsp3) is 0.250. The van der Waals surface area contributed by atoms with Crippen molar-refractivity contribution in [1.29, 1.82) is 0 Å². The summed E-state index contributed by atoms with van der Waals surface area (Å²) < 4.78 is 1.93. The minimum absolute atomic E-state index is 0.502. The second kappa shape index (κ2) is 4.73. The first-order chi connectivity index (χ1) is 8.06. The zero-order valence-corrected chi connectivity index (χ0v) is 9.96. The van der Waals surface area contributed by atoms with Crippen LogP contribution in [0.25, 0.3) is 0 Å². The van der Waals surface area contributed by atoms with Gasteiger partial charge in [0.15, 0.2) is 0 Å². The molecule has 0 radical (unpaired) electrons. The van der Waals surface area contributed by atoms with Gasteiger partial charge in [0.25, 0.3) is 0 Å². The van der Waals surface area contributed by atoms with Crippen molar-refractivity contribution in [3.05, 3.63) is 47.3 Å². The van der Waals surface area contributed by atoms with Crippen molar-refractivity contribution in [3.8, 4) is 0 Å². The zero-order chi connectivity index (χ0) is 12.4. The van der Waals surface area contributed by atoms with Crippen LogP contribution in [0.2, 0.25) is 0 Å². The molecule has 2 aromatic rings. The van der Waals surface area contributed by atoms with E-state index in [-0.39, 0.29) is 0 Å². The van der Waals surface area contributed by atoms with Crippen LogP contribution in [-0.4, -0.2) is 26.9 Å². The SMILES string of the molecule is Cc1cc(C)n(Cc2ccc(B(O)O)cc2)n1. The van der Waals surface area contributed by atoms with Crippen LogP contribution in [0.15, 0.2) is 30.3 Å². The molecule has 0 amide bonds. The first kappa shape index (κ1) is 11.9. The molecule has 2 N–H and O–H groups in total. The molecule has 5 heteroatoms. The molecule has 88 valence electrons. The number of aromatic nitrogens is 2. The van der Waals surface area contributed by atoms with Gasteiger partial charge in [-0.1, -0.05) is 24.3 Å². The smallest absolute Gasteiger partial charge is 0.423 e. The van der Waals surface area contributed by atoms with Crippen LogP contribution in [0.3, 0.4) is 0 Å². The average molecular weight is 230 g/mol. The van der Waals surface area contributed by atoms with Crippen LogP contribution in [0, 0.1) is 13.8 Å². The second-order valence-corrected chi connectivity index (χ2v) is 4.20. The third-order valence-corrected chi connectivity index (χ3v) is 2.71. The lowest BCUT2D eigenvalue weighted by atomic mass is 9.80. The van der Waals surface area contributed by atoms with Crippen molar-refractivity contribution in [3.63, 3.8) is 0 Å². The highest BCUT2D eigenvalue weighted by Crippen LogP contribution is 2.06. The van der Waals surface area contributed by atoms with Crippen LogP contribution in [0.4, 0.5) is 0 Å². The van der Waals surface area contributed by atoms with Crippen LogP contribution >= 0.6 is 0 Å². The van der Waals surface area contributed by atoms with Gasteiger partial charge in [-0.2, -0.15) is 5.10 Å². The standard InChI is InChI=1S/C12H15BN2O2/c1-9-7-10(2)15(14-9)8-11-3-5-12(6-4-11)13(16)17/h3-7,16-17H,8H2,1-2H3. The molecule has 1 heterocycles. The molecule has 0 spiro atoms. The summed E-state index contributed by atoms with van der Waals surface area (Å²) in [5.74, 6) is 0. The summed E-state index contributed by atoms with van der Waals surface area (Å²) in [6, 6.07) is 9.22. The molecule has 1 aromatic heterocycles. The summed E-state index contributed by atoms with van der Waals surface area (Å²) in [6.07, 6.45) is 0. The topological polar surface area (TPSA) is 58.3 Å². The Labute approximate surface area is 101 Å². The summed E-state index contributed by atoms with van der Waals surface area (Å²) in [5.41, 5.74) is 3.71. The molecule has 2 rings (SSSR count). The van der Waals surface area contributed by atoms with Gasteiger partial charge >= 0.3 is 7.12 Å². The van der Waals surface area contributed by atoms with E-state index >= 15 is 0 Å². The molecule has 0 bridgehead atoms. The second-order valence-electron chi connectivity index (χ2n) is 4.20. The number of hydrogen-bond donors (Lipinski definition) is 2. The predicted octanol–water partition coefficient (Wildman–Crippen LogP) is 0.228. The third kappa shape index (κ3) is 2.75. The molecular formula is C12H15BN2O2. The molecule has 4 nitrogen and oxygen atoms in total. The summed E-state index contributed by atoms with van der Waals surface area (Å²) >= 11 is 0. The Bertz CT molecular complexity index is 506. The van der Waals surface area contributed by atoms with Crippen LogP contribution < -0.4 is 5.46 Å². The van der Waals surface area contributed by atoms with Gasteiger partial charge < -0.3 is 10.0 Å². The van der Waals surface area contributed by atoms with Crippen molar-refractivity contribution in [2.75, 3.05) is 0 Å². The quantitative estimate of drug-likeness (QED) is 0.742. The van der Waals surface area contributed by atoms with E-state index < -0.39 is 7.12 Å². The molecule has 17 heavy (non-hydrogen) atoms. The van der Waals surface area contributed by atoms with Gasteiger partial charge in [0.1, 0.15) is 0 Å². The van der Waals surface area contributed by atoms with Gasteiger partial charge in [-0.3, -0.25) is 4.68 Å². The van der Waals surface area contributed by atoms with Gasteiger partial charge in [-0.15, -0.1) is 0 Å². The van der Waals surface area contributed by atoms with Crippen molar-refractivity contribution in [1.82, 2.24) is 9.78 Å². The number of rotatable bonds is 3. The lowest BCUT2D eigenvalue weighted by Gasteiger charge is -2.06. The number of nitrogens with zero attached hydrogens (tertiary/aromatic N) is 2. The summed E-state index contributed by atoms with van der Waals surface area (Å²) in [7, 11) is -1.40. The summed E-state index contributed by atoms with van der Waals surface area (Å²) in [6.45, 7) is 4.68. The Morgan fingerprint density at radius 1 is 1.18 bits per heavy atom. The third-order valence-electron chi connectivity index (χ3n) is 2.71. The Hall–Kier alpha value is -1.59. The molecule has 0 saturated carbocycles.